The Kier molecular flexibility index (Phi) is 4.66. The minimum atomic E-state index is -0.366. The number of nitrogens with zero attached hydrogens (tertiary/aromatic N) is 1. The minimum Gasteiger partial charge on any atom is -0.387 e. The Hall–Kier alpha value is -0.860. The van der Waals surface area contributed by atoms with Gasteiger partial charge in [-0.2, -0.15) is 0 Å². The van der Waals surface area contributed by atoms with Gasteiger partial charge >= 0.3 is 0 Å². The zero-order valence-electron chi connectivity index (χ0n) is 13.5. The third-order valence-electron chi connectivity index (χ3n) is 5.75. The van der Waals surface area contributed by atoms with Crippen LogP contribution in [0.5, 0.6) is 0 Å². The summed E-state index contributed by atoms with van der Waals surface area (Å²) in [6.45, 7) is 5.54. The van der Waals surface area contributed by atoms with Crippen LogP contribution in [0.15, 0.2) is 24.3 Å². The first kappa shape index (κ1) is 15.1. The molecule has 2 heteroatoms. The molecule has 1 saturated carbocycles. The molecule has 0 bridgehead atoms. The van der Waals surface area contributed by atoms with E-state index in [9.17, 15) is 5.11 Å². The molecule has 116 valence electrons. The molecule has 1 aromatic carbocycles. The van der Waals surface area contributed by atoms with E-state index in [1.165, 1.54) is 37.7 Å². The lowest BCUT2D eigenvalue weighted by atomic mass is 9.89. The van der Waals surface area contributed by atoms with Crippen LogP contribution in [-0.2, 0) is 6.42 Å². The molecule has 0 radical (unpaired) electrons. The van der Waals surface area contributed by atoms with Gasteiger partial charge in [0.25, 0.3) is 0 Å². The number of rotatable bonds is 4. The Balaban J connectivity index is 1.72. The second-order valence-corrected chi connectivity index (χ2v) is 6.92. The van der Waals surface area contributed by atoms with Crippen molar-refractivity contribution in [3.8, 4) is 0 Å². The Morgan fingerprint density at radius 3 is 2.57 bits per heavy atom. The lowest BCUT2D eigenvalue weighted by Gasteiger charge is -2.43. The molecule has 2 nitrogen and oxygen atoms in total. The molecule has 3 rings (SSSR count). The normalized spacial score (nSPS) is 29.1. The molecule has 1 N–H and O–H groups in total. The van der Waals surface area contributed by atoms with E-state index < -0.39 is 0 Å². The first-order valence-electron chi connectivity index (χ1n) is 8.73. The van der Waals surface area contributed by atoms with E-state index in [2.05, 4.69) is 43.0 Å². The maximum atomic E-state index is 10.8. The summed E-state index contributed by atoms with van der Waals surface area (Å²) >= 11 is 0. The summed E-state index contributed by atoms with van der Waals surface area (Å²) in [6.07, 6.45) is 7.49. The van der Waals surface area contributed by atoms with E-state index in [1.54, 1.807) is 0 Å². The average molecular weight is 287 g/mol. The van der Waals surface area contributed by atoms with Crippen molar-refractivity contribution in [3.63, 3.8) is 0 Å². The van der Waals surface area contributed by atoms with Crippen LogP contribution in [0.4, 0.5) is 0 Å². The van der Waals surface area contributed by atoms with Gasteiger partial charge < -0.3 is 5.11 Å². The molecule has 0 amide bonds. The van der Waals surface area contributed by atoms with Gasteiger partial charge in [-0.3, -0.25) is 4.90 Å². The molecule has 4 unspecified atom stereocenters. The number of aryl methyl sites for hydroxylation is 1. The third kappa shape index (κ3) is 3.02. The van der Waals surface area contributed by atoms with Gasteiger partial charge in [0.15, 0.2) is 0 Å². The van der Waals surface area contributed by atoms with Crippen molar-refractivity contribution >= 4 is 0 Å². The number of aliphatic hydroxyl groups excluding tert-OH is 1. The van der Waals surface area contributed by atoms with E-state index in [1.807, 2.05) is 0 Å². The molecule has 1 saturated heterocycles. The van der Waals surface area contributed by atoms with Crippen LogP contribution >= 0.6 is 0 Å². The van der Waals surface area contributed by atoms with Crippen LogP contribution in [0.1, 0.15) is 63.2 Å². The summed E-state index contributed by atoms with van der Waals surface area (Å²) in [5.41, 5.74) is 2.41. The molecular weight excluding hydrogens is 258 g/mol. The summed E-state index contributed by atoms with van der Waals surface area (Å²) in [4.78, 5) is 2.60. The van der Waals surface area contributed by atoms with Crippen LogP contribution in [0.2, 0.25) is 0 Å². The summed E-state index contributed by atoms with van der Waals surface area (Å²) in [7, 11) is 0. The maximum absolute atomic E-state index is 10.8. The Labute approximate surface area is 129 Å². The highest BCUT2D eigenvalue weighted by molar-refractivity contribution is 5.25. The highest BCUT2D eigenvalue weighted by atomic mass is 16.3. The number of piperidine rings is 1. The summed E-state index contributed by atoms with van der Waals surface area (Å²) in [5, 5.41) is 10.8. The molecule has 1 aliphatic heterocycles. The zero-order valence-corrected chi connectivity index (χ0v) is 13.5. The molecule has 2 aliphatic rings. The first-order chi connectivity index (χ1) is 10.2. The van der Waals surface area contributed by atoms with Gasteiger partial charge in [-0.05, 0) is 62.6 Å². The number of likely N-dealkylation sites (tertiary alicyclic amines) is 1. The molecule has 0 aromatic heterocycles. The quantitative estimate of drug-likeness (QED) is 0.907. The number of fused-ring (bicyclic) bond motifs is 1. The van der Waals surface area contributed by atoms with Gasteiger partial charge in [0.05, 0.1) is 6.10 Å². The van der Waals surface area contributed by atoms with Crippen LogP contribution in [0, 0.1) is 5.92 Å². The van der Waals surface area contributed by atoms with Crippen LogP contribution in [-0.4, -0.2) is 28.6 Å². The van der Waals surface area contributed by atoms with Gasteiger partial charge in [-0.15, -0.1) is 0 Å². The molecular formula is C19H29NO. The zero-order chi connectivity index (χ0) is 14.8. The standard InChI is InChI=1S/C19H29NO/c1-3-15-9-11-17(12-10-15)19(21)14(2)20-13-5-7-16-6-4-8-18(16)20/h9-12,14,16,18-19,21H,3-8,13H2,1-2H3. The minimum absolute atomic E-state index is 0.225. The van der Waals surface area contributed by atoms with Crippen molar-refractivity contribution in [1.29, 1.82) is 0 Å². The van der Waals surface area contributed by atoms with Crippen molar-refractivity contribution in [2.75, 3.05) is 6.54 Å². The fourth-order valence-electron chi connectivity index (χ4n) is 4.41. The largest absolute Gasteiger partial charge is 0.387 e. The monoisotopic (exact) mass is 287 g/mol. The topological polar surface area (TPSA) is 23.5 Å². The second-order valence-electron chi connectivity index (χ2n) is 6.92. The Morgan fingerprint density at radius 2 is 1.86 bits per heavy atom. The predicted molar refractivity (Wildman–Crippen MR) is 87.3 cm³/mol. The Bertz CT molecular complexity index is 455. The maximum Gasteiger partial charge on any atom is 0.0942 e. The summed E-state index contributed by atoms with van der Waals surface area (Å²) in [5.74, 6) is 0.885. The molecule has 1 aromatic rings. The van der Waals surface area contributed by atoms with E-state index in [4.69, 9.17) is 0 Å². The number of benzene rings is 1. The Morgan fingerprint density at radius 1 is 1.14 bits per heavy atom. The summed E-state index contributed by atoms with van der Waals surface area (Å²) in [6, 6.07) is 9.47. The van der Waals surface area contributed by atoms with Crippen LogP contribution < -0.4 is 0 Å². The molecule has 2 fully saturated rings. The van der Waals surface area contributed by atoms with Gasteiger partial charge in [0.2, 0.25) is 0 Å². The SMILES string of the molecule is CCc1ccc(C(O)C(C)N2CCCC3CCCC32)cc1. The smallest absolute Gasteiger partial charge is 0.0942 e. The summed E-state index contributed by atoms with van der Waals surface area (Å²) < 4.78 is 0. The second kappa shape index (κ2) is 6.50. The van der Waals surface area contributed by atoms with Crippen LogP contribution in [0.3, 0.4) is 0 Å². The van der Waals surface area contributed by atoms with Gasteiger partial charge in [0, 0.05) is 12.1 Å². The molecule has 1 heterocycles. The van der Waals surface area contributed by atoms with Crippen molar-refractivity contribution in [2.24, 2.45) is 5.92 Å². The average Bonchev–Trinajstić information content (AvgIpc) is 3.02. The fraction of sp³-hybridized carbons (Fsp3) is 0.684. The molecule has 0 spiro atoms. The van der Waals surface area contributed by atoms with Gasteiger partial charge in [-0.25, -0.2) is 0 Å². The van der Waals surface area contributed by atoms with E-state index >= 15 is 0 Å². The first-order valence-corrected chi connectivity index (χ1v) is 8.73. The highest BCUT2D eigenvalue weighted by Crippen LogP contribution is 2.39. The van der Waals surface area contributed by atoms with Crippen molar-refractivity contribution in [2.45, 2.75) is 70.6 Å². The van der Waals surface area contributed by atoms with E-state index in [0.717, 1.165) is 30.5 Å². The highest BCUT2D eigenvalue weighted by Gasteiger charge is 2.38. The van der Waals surface area contributed by atoms with Crippen LogP contribution in [0.25, 0.3) is 0 Å². The predicted octanol–water partition coefficient (Wildman–Crippen LogP) is 3.94. The van der Waals surface area contributed by atoms with E-state index in [0.29, 0.717) is 0 Å². The number of hydrogen-bond donors (Lipinski definition) is 1. The van der Waals surface area contributed by atoms with Crippen molar-refractivity contribution in [3.05, 3.63) is 35.4 Å². The molecule has 21 heavy (non-hydrogen) atoms. The molecule has 4 atom stereocenters. The lowest BCUT2D eigenvalue weighted by molar-refractivity contribution is 0.00223. The van der Waals surface area contributed by atoms with Gasteiger partial charge in [-0.1, -0.05) is 37.6 Å². The van der Waals surface area contributed by atoms with Crippen molar-refractivity contribution < 1.29 is 5.11 Å². The number of hydrogen-bond acceptors (Lipinski definition) is 2. The third-order valence-corrected chi connectivity index (χ3v) is 5.75. The number of aliphatic hydroxyl groups is 1. The fourth-order valence-corrected chi connectivity index (χ4v) is 4.41. The molecule has 1 aliphatic carbocycles. The van der Waals surface area contributed by atoms with E-state index in [-0.39, 0.29) is 12.1 Å². The van der Waals surface area contributed by atoms with Gasteiger partial charge in [0.1, 0.15) is 0 Å². The van der Waals surface area contributed by atoms with Crippen molar-refractivity contribution in [1.82, 2.24) is 4.90 Å². The lowest BCUT2D eigenvalue weighted by Crippen LogP contribution is -2.49.